The fraction of sp³-hybridized carbons (Fsp3) is 0.941. The maximum atomic E-state index is 12.3. The zero-order valence-corrected chi connectivity index (χ0v) is 13.0. The van der Waals surface area contributed by atoms with Crippen LogP contribution in [-0.4, -0.2) is 60.6 Å². The molecule has 4 nitrogen and oxygen atoms in total. The Balaban J connectivity index is 1.31. The monoisotopic (exact) mass is 292 g/mol. The van der Waals surface area contributed by atoms with Crippen molar-refractivity contribution in [3.63, 3.8) is 0 Å². The van der Waals surface area contributed by atoms with E-state index in [4.69, 9.17) is 4.74 Å². The second kappa shape index (κ2) is 5.88. The molecule has 0 unspecified atom stereocenters. The molecule has 0 aromatic rings. The predicted molar refractivity (Wildman–Crippen MR) is 81.0 cm³/mol. The molecule has 0 radical (unpaired) electrons. The lowest BCUT2D eigenvalue weighted by molar-refractivity contribution is -0.133. The summed E-state index contributed by atoms with van der Waals surface area (Å²) in [6.45, 7) is 5.25. The Bertz CT molecular complexity index is 390. The van der Waals surface area contributed by atoms with E-state index < -0.39 is 0 Å². The van der Waals surface area contributed by atoms with Crippen LogP contribution in [0.25, 0.3) is 0 Å². The van der Waals surface area contributed by atoms with Gasteiger partial charge in [-0.25, -0.2) is 0 Å². The number of carbonyl (C=O) groups excluding carboxylic acids is 1. The average molecular weight is 292 g/mol. The lowest BCUT2D eigenvalue weighted by Gasteiger charge is -2.43. The Labute approximate surface area is 127 Å². The first-order valence-electron chi connectivity index (χ1n) is 8.94. The summed E-state index contributed by atoms with van der Waals surface area (Å²) in [5.74, 6) is 1.64. The molecular formula is C17H28N2O2. The summed E-state index contributed by atoms with van der Waals surface area (Å²) in [6.07, 6.45) is 8.64. The third-order valence-electron chi connectivity index (χ3n) is 6.25. The number of rotatable bonds is 3. The number of hydrogen-bond donors (Lipinski definition) is 0. The van der Waals surface area contributed by atoms with Gasteiger partial charge in [-0.3, -0.25) is 4.79 Å². The van der Waals surface area contributed by atoms with E-state index in [1.54, 1.807) is 0 Å². The number of nitrogens with zero attached hydrogens (tertiary/aromatic N) is 2. The number of piperidine rings is 1. The first-order valence-corrected chi connectivity index (χ1v) is 8.94. The minimum atomic E-state index is 0.201. The van der Waals surface area contributed by atoms with Gasteiger partial charge in [-0.15, -0.1) is 0 Å². The first kappa shape index (κ1) is 14.0. The van der Waals surface area contributed by atoms with E-state index in [0.29, 0.717) is 24.2 Å². The highest BCUT2D eigenvalue weighted by Gasteiger charge is 2.43. The second-order valence-corrected chi connectivity index (χ2v) is 7.46. The SMILES string of the molecule is O=C(C[C@@H]1OC[C@@H]2CN(C3CCC3)CC[C@@H]21)N1CCCC1. The van der Waals surface area contributed by atoms with E-state index in [0.717, 1.165) is 25.7 Å². The maximum Gasteiger partial charge on any atom is 0.225 e. The van der Waals surface area contributed by atoms with Crippen molar-refractivity contribution in [1.82, 2.24) is 9.80 Å². The lowest BCUT2D eigenvalue weighted by atomic mass is 9.80. The van der Waals surface area contributed by atoms with Crippen LogP contribution in [0.5, 0.6) is 0 Å². The molecular weight excluding hydrogens is 264 g/mol. The van der Waals surface area contributed by atoms with E-state index in [2.05, 4.69) is 4.90 Å². The molecule has 21 heavy (non-hydrogen) atoms. The maximum absolute atomic E-state index is 12.3. The van der Waals surface area contributed by atoms with E-state index >= 15 is 0 Å². The number of hydrogen-bond acceptors (Lipinski definition) is 3. The molecule has 3 atom stereocenters. The molecule has 4 fully saturated rings. The summed E-state index contributed by atoms with van der Waals surface area (Å²) in [5.41, 5.74) is 0. The number of ether oxygens (including phenoxy) is 1. The van der Waals surface area contributed by atoms with E-state index in [-0.39, 0.29) is 6.10 Å². The Morgan fingerprint density at radius 1 is 1.05 bits per heavy atom. The van der Waals surface area contributed by atoms with E-state index in [1.165, 1.54) is 51.6 Å². The summed E-state index contributed by atoms with van der Waals surface area (Å²) in [7, 11) is 0. The highest BCUT2D eigenvalue weighted by molar-refractivity contribution is 5.77. The standard InChI is InChI=1S/C17H28N2O2/c20-17(18-7-1-2-8-18)10-16-15-6-9-19(14-4-3-5-14)11-13(15)12-21-16/h13-16H,1-12H2/t13-,15-,16-/m0/s1. The summed E-state index contributed by atoms with van der Waals surface area (Å²) >= 11 is 0. The van der Waals surface area contributed by atoms with Crippen LogP contribution >= 0.6 is 0 Å². The quantitative estimate of drug-likeness (QED) is 0.796. The third kappa shape index (κ3) is 2.72. The van der Waals surface area contributed by atoms with Gasteiger partial charge in [0.25, 0.3) is 0 Å². The molecule has 0 aromatic carbocycles. The van der Waals surface area contributed by atoms with Crippen LogP contribution < -0.4 is 0 Å². The molecule has 1 saturated carbocycles. The number of amides is 1. The Kier molecular flexibility index (Phi) is 3.92. The van der Waals surface area contributed by atoms with Gasteiger partial charge in [-0.2, -0.15) is 0 Å². The van der Waals surface area contributed by atoms with Gasteiger partial charge in [0.2, 0.25) is 5.91 Å². The molecule has 4 heteroatoms. The molecule has 0 bridgehead atoms. The summed E-state index contributed by atoms with van der Waals surface area (Å²) in [4.78, 5) is 17.1. The summed E-state index contributed by atoms with van der Waals surface area (Å²) in [6, 6.07) is 0.858. The molecule has 0 N–H and O–H groups in total. The lowest BCUT2D eigenvalue weighted by Crippen LogP contribution is -2.49. The van der Waals surface area contributed by atoms with Crippen LogP contribution in [0.3, 0.4) is 0 Å². The van der Waals surface area contributed by atoms with Gasteiger partial charge < -0.3 is 14.5 Å². The molecule has 4 rings (SSSR count). The molecule has 0 spiro atoms. The minimum absolute atomic E-state index is 0.201. The largest absolute Gasteiger partial charge is 0.377 e. The van der Waals surface area contributed by atoms with Crippen molar-refractivity contribution < 1.29 is 9.53 Å². The van der Waals surface area contributed by atoms with Crippen molar-refractivity contribution in [2.45, 2.75) is 57.1 Å². The first-order chi connectivity index (χ1) is 10.3. The Morgan fingerprint density at radius 3 is 2.57 bits per heavy atom. The molecule has 3 aliphatic heterocycles. The van der Waals surface area contributed by atoms with Gasteiger partial charge in [-0.05, 0) is 44.6 Å². The molecule has 1 aliphatic carbocycles. The van der Waals surface area contributed by atoms with Crippen molar-refractivity contribution in [1.29, 1.82) is 0 Å². The zero-order chi connectivity index (χ0) is 14.2. The topological polar surface area (TPSA) is 32.8 Å². The van der Waals surface area contributed by atoms with Crippen molar-refractivity contribution in [2.75, 3.05) is 32.8 Å². The minimum Gasteiger partial charge on any atom is -0.377 e. The second-order valence-electron chi connectivity index (χ2n) is 7.46. The van der Waals surface area contributed by atoms with Gasteiger partial charge in [0.15, 0.2) is 0 Å². The molecule has 4 aliphatic rings. The van der Waals surface area contributed by atoms with Crippen molar-refractivity contribution >= 4 is 5.91 Å². The zero-order valence-electron chi connectivity index (χ0n) is 13.0. The van der Waals surface area contributed by atoms with Gasteiger partial charge in [-0.1, -0.05) is 6.42 Å². The molecule has 1 amide bonds. The Morgan fingerprint density at radius 2 is 1.86 bits per heavy atom. The average Bonchev–Trinajstić information content (AvgIpc) is 3.06. The van der Waals surface area contributed by atoms with Crippen molar-refractivity contribution in [3.05, 3.63) is 0 Å². The van der Waals surface area contributed by atoms with Crippen LogP contribution in [0.15, 0.2) is 0 Å². The van der Waals surface area contributed by atoms with Crippen LogP contribution in [0.4, 0.5) is 0 Å². The number of fused-ring (bicyclic) bond motifs is 1. The normalized spacial score (nSPS) is 37.5. The van der Waals surface area contributed by atoms with E-state index in [1.807, 2.05) is 4.90 Å². The van der Waals surface area contributed by atoms with Crippen molar-refractivity contribution in [2.24, 2.45) is 11.8 Å². The summed E-state index contributed by atoms with van der Waals surface area (Å²) < 4.78 is 6.04. The summed E-state index contributed by atoms with van der Waals surface area (Å²) in [5, 5.41) is 0. The fourth-order valence-corrected chi connectivity index (χ4v) is 4.68. The van der Waals surface area contributed by atoms with Crippen LogP contribution in [0, 0.1) is 11.8 Å². The van der Waals surface area contributed by atoms with Gasteiger partial charge >= 0.3 is 0 Å². The van der Waals surface area contributed by atoms with Crippen molar-refractivity contribution in [3.8, 4) is 0 Å². The predicted octanol–water partition coefficient (Wildman–Crippen LogP) is 1.89. The fourth-order valence-electron chi connectivity index (χ4n) is 4.68. The third-order valence-corrected chi connectivity index (χ3v) is 6.25. The van der Waals surface area contributed by atoms with Crippen LogP contribution in [0.1, 0.15) is 44.9 Å². The highest BCUT2D eigenvalue weighted by Crippen LogP contribution is 2.38. The Hall–Kier alpha value is -0.610. The molecule has 118 valence electrons. The van der Waals surface area contributed by atoms with Crippen LogP contribution in [-0.2, 0) is 9.53 Å². The van der Waals surface area contributed by atoms with Gasteiger partial charge in [0.05, 0.1) is 19.1 Å². The molecule has 3 saturated heterocycles. The smallest absolute Gasteiger partial charge is 0.225 e. The van der Waals surface area contributed by atoms with Gasteiger partial charge in [0, 0.05) is 31.6 Å². The molecule has 3 heterocycles. The van der Waals surface area contributed by atoms with Crippen LogP contribution in [0.2, 0.25) is 0 Å². The molecule has 0 aromatic heterocycles. The number of likely N-dealkylation sites (tertiary alicyclic amines) is 2. The highest BCUT2D eigenvalue weighted by atomic mass is 16.5. The van der Waals surface area contributed by atoms with E-state index in [9.17, 15) is 4.79 Å². The van der Waals surface area contributed by atoms with Gasteiger partial charge in [0.1, 0.15) is 0 Å². The number of carbonyl (C=O) groups is 1.